The Morgan fingerprint density at radius 2 is 1.68 bits per heavy atom. The Hall–Kier alpha value is -2.04. The van der Waals surface area contributed by atoms with Gasteiger partial charge in [0.05, 0.1) is 15.6 Å². The molecule has 4 nitrogen and oxygen atoms in total. The molecule has 2 fully saturated rings. The zero-order valence-corrected chi connectivity index (χ0v) is 16.9. The Morgan fingerprint density at radius 1 is 0.964 bits per heavy atom. The molecular weight excluding hydrogens is 395 g/mol. The molecule has 3 atom stereocenters. The van der Waals surface area contributed by atoms with Crippen molar-refractivity contribution in [3.8, 4) is 0 Å². The van der Waals surface area contributed by atoms with E-state index in [2.05, 4.69) is 5.32 Å². The summed E-state index contributed by atoms with van der Waals surface area (Å²) in [5, 5.41) is 2.97. The fraction of sp³-hybridized carbons (Fsp3) is 0.364. The number of benzene rings is 2. The SMILES string of the molecule is O=C(NC(=O)N(Cc1ccccc1)[C@H]1C[C@@H]2CC[C@H]1C2)c1c(Cl)cccc1Cl. The van der Waals surface area contributed by atoms with E-state index in [0.717, 1.165) is 18.4 Å². The topological polar surface area (TPSA) is 49.4 Å². The molecule has 2 bridgehead atoms. The lowest BCUT2D eigenvalue weighted by Gasteiger charge is -2.34. The van der Waals surface area contributed by atoms with Gasteiger partial charge in [0, 0.05) is 12.6 Å². The number of hydrogen-bond acceptors (Lipinski definition) is 2. The minimum Gasteiger partial charge on any atom is -0.317 e. The van der Waals surface area contributed by atoms with Crippen LogP contribution in [-0.4, -0.2) is 22.9 Å². The van der Waals surface area contributed by atoms with Crippen molar-refractivity contribution in [1.82, 2.24) is 10.2 Å². The number of amides is 3. The number of urea groups is 1. The van der Waals surface area contributed by atoms with E-state index >= 15 is 0 Å². The smallest absolute Gasteiger partial charge is 0.317 e. The lowest BCUT2D eigenvalue weighted by atomic mass is 9.94. The molecule has 146 valence electrons. The van der Waals surface area contributed by atoms with Gasteiger partial charge in [0.25, 0.3) is 5.91 Å². The molecule has 0 heterocycles. The molecule has 1 N–H and O–H groups in total. The Balaban J connectivity index is 1.55. The fourth-order valence-corrected chi connectivity index (χ4v) is 5.23. The van der Waals surface area contributed by atoms with Crippen molar-refractivity contribution in [3.05, 3.63) is 69.7 Å². The van der Waals surface area contributed by atoms with Crippen molar-refractivity contribution < 1.29 is 9.59 Å². The first kappa shape index (κ1) is 19.3. The van der Waals surface area contributed by atoms with E-state index in [-0.39, 0.29) is 27.7 Å². The average Bonchev–Trinajstić information content (AvgIpc) is 3.30. The highest BCUT2D eigenvalue weighted by molar-refractivity contribution is 6.40. The van der Waals surface area contributed by atoms with Crippen LogP contribution < -0.4 is 5.32 Å². The molecule has 0 saturated heterocycles. The van der Waals surface area contributed by atoms with Gasteiger partial charge < -0.3 is 4.90 Å². The third-order valence-corrected chi connectivity index (χ3v) is 6.60. The second-order valence-electron chi connectivity index (χ2n) is 7.71. The van der Waals surface area contributed by atoms with Crippen LogP contribution in [0.1, 0.15) is 41.6 Å². The third-order valence-electron chi connectivity index (χ3n) is 5.97. The molecule has 2 saturated carbocycles. The van der Waals surface area contributed by atoms with Gasteiger partial charge in [-0.2, -0.15) is 0 Å². The van der Waals surface area contributed by atoms with E-state index in [1.807, 2.05) is 35.2 Å². The van der Waals surface area contributed by atoms with Crippen LogP contribution in [0.25, 0.3) is 0 Å². The quantitative estimate of drug-likeness (QED) is 0.711. The van der Waals surface area contributed by atoms with E-state index in [9.17, 15) is 9.59 Å². The predicted octanol–water partition coefficient (Wildman–Crippen LogP) is 5.53. The summed E-state index contributed by atoms with van der Waals surface area (Å²) in [6.07, 6.45) is 4.58. The largest absolute Gasteiger partial charge is 0.324 e. The van der Waals surface area contributed by atoms with Crippen molar-refractivity contribution >= 4 is 35.1 Å². The fourth-order valence-electron chi connectivity index (χ4n) is 4.66. The molecule has 2 aromatic carbocycles. The number of fused-ring (bicyclic) bond motifs is 2. The molecule has 0 radical (unpaired) electrons. The van der Waals surface area contributed by atoms with Gasteiger partial charge in [0.15, 0.2) is 0 Å². The van der Waals surface area contributed by atoms with Gasteiger partial charge in [-0.25, -0.2) is 4.79 Å². The van der Waals surface area contributed by atoms with Crippen LogP contribution in [0.4, 0.5) is 4.79 Å². The van der Waals surface area contributed by atoms with Crippen LogP contribution in [0.5, 0.6) is 0 Å². The summed E-state index contributed by atoms with van der Waals surface area (Å²) in [5.74, 6) is 0.634. The summed E-state index contributed by atoms with van der Waals surface area (Å²) in [6, 6.07) is 14.5. The highest BCUT2D eigenvalue weighted by Crippen LogP contribution is 2.47. The number of rotatable bonds is 4. The molecule has 0 unspecified atom stereocenters. The first-order valence-electron chi connectivity index (χ1n) is 9.63. The number of hydrogen-bond donors (Lipinski definition) is 1. The number of nitrogens with one attached hydrogen (secondary N) is 1. The summed E-state index contributed by atoms with van der Waals surface area (Å²) >= 11 is 12.3. The normalized spacial score (nSPS) is 22.9. The molecule has 3 amide bonds. The van der Waals surface area contributed by atoms with Gasteiger partial charge in [-0.3, -0.25) is 10.1 Å². The maximum absolute atomic E-state index is 13.1. The summed E-state index contributed by atoms with van der Waals surface area (Å²) in [4.78, 5) is 27.6. The number of imide groups is 1. The van der Waals surface area contributed by atoms with Crippen molar-refractivity contribution in [2.24, 2.45) is 11.8 Å². The molecule has 0 aromatic heterocycles. The van der Waals surface area contributed by atoms with Crippen LogP contribution in [0.15, 0.2) is 48.5 Å². The molecule has 0 spiro atoms. The summed E-state index contributed by atoms with van der Waals surface area (Å²) in [6.45, 7) is 0.476. The van der Waals surface area contributed by atoms with E-state index in [4.69, 9.17) is 23.2 Å². The predicted molar refractivity (Wildman–Crippen MR) is 111 cm³/mol. The lowest BCUT2D eigenvalue weighted by Crippen LogP contribution is -2.49. The summed E-state index contributed by atoms with van der Waals surface area (Å²) in [5.41, 5.74) is 1.18. The monoisotopic (exact) mass is 416 g/mol. The highest BCUT2D eigenvalue weighted by Gasteiger charge is 2.44. The number of halogens is 2. The molecule has 4 rings (SSSR count). The second kappa shape index (κ2) is 8.14. The average molecular weight is 417 g/mol. The first-order chi connectivity index (χ1) is 13.5. The van der Waals surface area contributed by atoms with Crippen LogP contribution in [0.2, 0.25) is 10.0 Å². The van der Waals surface area contributed by atoms with Gasteiger partial charge in [0.2, 0.25) is 0 Å². The van der Waals surface area contributed by atoms with Crippen molar-refractivity contribution in [1.29, 1.82) is 0 Å². The Morgan fingerprint density at radius 3 is 2.29 bits per heavy atom. The number of nitrogens with zero attached hydrogens (tertiary/aromatic N) is 1. The lowest BCUT2D eigenvalue weighted by molar-refractivity contribution is 0.0929. The maximum atomic E-state index is 13.1. The van der Waals surface area contributed by atoms with Gasteiger partial charge in [-0.15, -0.1) is 0 Å². The zero-order chi connectivity index (χ0) is 19.7. The third kappa shape index (κ3) is 3.89. The number of carbonyl (C=O) groups excluding carboxylic acids is 2. The molecule has 2 aliphatic carbocycles. The Labute approximate surface area is 174 Å². The maximum Gasteiger partial charge on any atom is 0.324 e. The first-order valence-corrected chi connectivity index (χ1v) is 10.4. The molecular formula is C22H22Cl2N2O2. The van der Waals surface area contributed by atoms with Crippen LogP contribution in [0, 0.1) is 11.8 Å². The van der Waals surface area contributed by atoms with Crippen LogP contribution >= 0.6 is 23.2 Å². The van der Waals surface area contributed by atoms with Crippen molar-refractivity contribution in [2.75, 3.05) is 0 Å². The van der Waals surface area contributed by atoms with Crippen LogP contribution in [0.3, 0.4) is 0 Å². The van der Waals surface area contributed by atoms with Crippen molar-refractivity contribution in [3.63, 3.8) is 0 Å². The van der Waals surface area contributed by atoms with Gasteiger partial charge in [-0.1, -0.05) is 66.0 Å². The zero-order valence-electron chi connectivity index (χ0n) is 15.4. The van der Waals surface area contributed by atoms with E-state index in [1.54, 1.807) is 18.2 Å². The molecule has 2 aromatic rings. The number of carbonyl (C=O) groups is 2. The highest BCUT2D eigenvalue weighted by atomic mass is 35.5. The molecule has 2 aliphatic rings. The Kier molecular flexibility index (Phi) is 5.61. The van der Waals surface area contributed by atoms with Gasteiger partial charge >= 0.3 is 6.03 Å². The summed E-state index contributed by atoms with van der Waals surface area (Å²) in [7, 11) is 0. The van der Waals surface area contributed by atoms with Gasteiger partial charge in [-0.05, 0) is 48.8 Å². The standard InChI is InChI=1S/C22H22Cl2N2O2/c23-17-7-4-8-18(24)20(17)21(27)25-22(28)26(13-14-5-2-1-3-6-14)19-12-15-9-10-16(19)11-15/h1-8,15-16,19H,9-13H2,(H,25,27,28)/t15-,16+,19+/m1/s1. The van der Waals surface area contributed by atoms with Crippen LogP contribution in [-0.2, 0) is 6.54 Å². The van der Waals surface area contributed by atoms with Crippen molar-refractivity contribution in [2.45, 2.75) is 38.3 Å². The minimum atomic E-state index is -0.568. The molecule has 6 heteroatoms. The molecule has 28 heavy (non-hydrogen) atoms. The minimum absolute atomic E-state index is 0.131. The van der Waals surface area contributed by atoms with E-state index in [1.165, 1.54) is 12.8 Å². The Bertz CT molecular complexity index is 867. The molecule has 0 aliphatic heterocycles. The van der Waals surface area contributed by atoms with E-state index < -0.39 is 5.91 Å². The summed E-state index contributed by atoms with van der Waals surface area (Å²) < 4.78 is 0. The van der Waals surface area contributed by atoms with E-state index in [0.29, 0.717) is 18.4 Å². The second-order valence-corrected chi connectivity index (χ2v) is 8.53. The van der Waals surface area contributed by atoms with Gasteiger partial charge in [0.1, 0.15) is 0 Å².